The van der Waals surface area contributed by atoms with Crippen LogP contribution < -0.4 is 0 Å². The molecular formula is C15H23NO3S. The zero-order valence-corrected chi connectivity index (χ0v) is 12.8. The summed E-state index contributed by atoms with van der Waals surface area (Å²) in [4.78, 5) is 15.4. The number of carbonyl (C=O) groups is 1. The zero-order valence-electron chi connectivity index (χ0n) is 12.0. The van der Waals surface area contributed by atoms with E-state index in [9.17, 15) is 9.90 Å². The first-order valence-electron chi connectivity index (χ1n) is 7.38. The van der Waals surface area contributed by atoms with Crippen molar-refractivity contribution in [2.24, 2.45) is 0 Å². The van der Waals surface area contributed by atoms with Crippen molar-refractivity contribution in [2.75, 3.05) is 26.2 Å². The molecular weight excluding hydrogens is 274 g/mol. The van der Waals surface area contributed by atoms with Crippen molar-refractivity contribution in [1.29, 1.82) is 0 Å². The number of aliphatic hydroxyl groups is 1. The Labute approximate surface area is 124 Å². The molecule has 1 aromatic heterocycles. The van der Waals surface area contributed by atoms with Crippen molar-refractivity contribution < 1.29 is 14.6 Å². The van der Waals surface area contributed by atoms with Crippen molar-refractivity contribution in [2.45, 2.75) is 38.7 Å². The Hall–Kier alpha value is -0.910. The maximum atomic E-state index is 11.6. The number of hydrogen-bond acceptors (Lipinski definition) is 5. The Kier molecular flexibility index (Phi) is 6.01. The Morgan fingerprint density at radius 3 is 2.85 bits per heavy atom. The van der Waals surface area contributed by atoms with E-state index in [0.29, 0.717) is 11.5 Å². The van der Waals surface area contributed by atoms with Crippen LogP contribution in [0.2, 0.25) is 0 Å². The second kappa shape index (κ2) is 7.76. The van der Waals surface area contributed by atoms with Crippen molar-refractivity contribution >= 4 is 17.3 Å². The van der Waals surface area contributed by atoms with E-state index in [1.165, 1.54) is 30.6 Å². The summed E-state index contributed by atoms with van der Waals surface area (Å²) < 4.78 is 4.96. The lowest BCUT2D eigenvalue weighted by Crippen LogP contribution is -2.31. The Bertz CT molecular complexity index is 427. The molecule has 0 aromatic carbocycles. The Balaban J connectivity index is 1.82. The minimum atomic E-state index is -0.481. The summed E-state index contributed by atoms with van der Waals surface area (Å²) in [6.07, 6.45) is 4.10. The highest BCUT2D eigenvalue weighted by Crippen LogP contribution is 2.26. The molecule has 0 spiro atoms. The van der Waals surface area contributed by atoms with E-state index in [2.05, 4.69) is 4.90 Å². The number of rotatable bonds is 6. The highest BCUT2D eigenvalue weighted by Gasteiger charge is 2.17. The lowest BCUT2D eigenvalue weighted by molar-refractivity contribution is 0.0532. The van der Waals surface area contributed by atoms with Crippen LogP contribution >= 0.6 is 11.3 Å². The monoisotopic (exact) mass is 297 g/mol. The molecule has 5 heteroatoms. The van der Waals surface area contributed by atoms with Crippen molar-refractivity contribution in [1.82, 2.24) is 4.90 Å². The zero-order chi connectivity index (χ0) is 14.4. The lowest BCUT2D eigenvalue weighted by atomic mass is 10.1. The van der Waals surface area contributed by atoms with Crippen LogP contribution in [0.5, 0.6) is 0 Å². The number of likely N-dealkylation sites (tertiary alicyclic amines) is 1. The second-order valence-corrected chi connectivity index (χ2v) is 6.24. The highest BCUT2D eigenvalue weighted by atomic mass is 32.1. The van der Waals surface area contributed by atoms with Crippen molar-refractivity contribution in [3.8, 4) is 0 Å². The van der Waals surface area contributed by atoms with Crippen LogP contribution in [0.1, 0.15) is 53.3 Å². The fourth-order valence-electron chi connectivity index (χ4n) is 2.47. The van der Waals surface area contributed by atoms with Crippen LogP contribution in [0.4, 0.5) is 0 Å². The van der Waals surface area contributed by atoms with Crippen LogP contribution in [0.25, 0.3) is 0 Å². The summed E-state index contributed by atoms with van der Waals surface area (Å²) in [5, 5.41) is 10.2. The lowest BCUT2D eigenvalue weighted by Gasteiger charge is -2.27. The molecule has 2 heterocycles. The quantitative estimate of drug-likeness (QED) is 0.820. The number of ether oxygens (including phenoxy) is 1. The molecule has 2 rings (SSSR count). The van der Waals surface area contributed by atoms with E-state index < -0.39 is 6.10 Å². The molecule has 1 aromatic rings. The average Bonchev–Trinajstić information content (AvgIpc) is 2.96. The molecule has 0 aliphatic carbocycles. The molecule has 0 radical (unpaired) electrons. The standard InChI is InChI=1S/C15H23NO3S/c1-2-19-15(18)14-7-6-13(20-14)12(17)8-11-16-9-4-3-5-10-16/h6-7,12,17H,2-5,8-11H2,1H3. The maximum Gasteiger partial charge on any atom is 0.348 e. The van der Waals surface area contributed by atoms with Gasteiger partial charge in [-0.2, -0.15) is 0 Å². The SMILES string of the molecule is CCOC(=O)c1ccc(C(O)CCN2CCCCC2)s1. The van der Waals surface area contributed by atoms with E-state index in [-0.39, 0.29) is 5.97 Å². The second-order valence-electron chi connectivity index (χ2n) is 5.13. The average molecular weight is 297 g/mol. The number of carbonyl (C=O) groups excluding carboxylic acids is 1. The molecule has 112 valence electrons. The largest absolute Gasteiger partial charge is 0.462 e. The first kappa shape index (κ1) is 15.5. The smallest absolute Gasteiger partial charge is 0.348 e. The van der Waals surface area contributed by atoms with Gasteiger partial charge in [-0.25, -0.2) is 4.79 Å². The molecule has 1 saturated heterocycles. The minimum absolute atomic E-state index is 0.299. The van der Waals surface area contributed by atoms with Gasteiger partial charge in [-0.1, -0.05) is 6.42 Å². The third-order valence-corrected chi connectivity index (χ3v) is 4.77. The van der Waals surface area contributed by atoms with Gasteiger partial charge in [0.15, 0.2) is 0 Å². The third kappa shape index (κ3) is 4.30. The van der Waals surface area contributed by atoms with E-state index in [4.69, 9.17) is 4.74 Å². The van der Waals surface area contributed by atoms with E-state index >= 15 is 0 Å². The highest BCUT2D eigenvalue weighted by molar-refractivity contribution is 7.14. The Morgan fingerprint density at radius 2 is 2.15 bits per heavy atom. The predicted molar refractivity (Wildman–Crippen MR) is 80.1 cm³/mol. The van der Waals surface area contributed by atoms with Gasteiger partial charge < -0.3 is 14.7 Å². The number of thiophene rings is 1. The molecule has 4 nitrogen and oxygen atoms in total. The number of aliphatic hydroxyl groups excluding tert-OH is 1. The first-order chi connectivity index (χ1) is 9.70. The van der Waals surface area contributed by atoms with E-state index in [1.807, 2.05) is 6.07 Å². The first-order valence-corrected chi connectivity index (χ1v) is 8.19. The molecule has 1 fully saturated rings. The number of piperidine rings is 1. The van der Waals surface area contributed by atoms with Gasteiger partial charge in [0.2, 0.25) is 0 Å². The fourth-order valence-corrected chi connectivity index (χ4v) is 3.40. The van der Waals surface area contributed by atoms with Gasteiger partial charge in [0.1, 0.15) is 4.88 Å². The maximum absolute atomic E-state index is 11.6. The minimum Gasteiger partial charge on any atom is -0.462 e. The van der Waals surface area contributed by atoms with Gasteiger partial charge in [0.05, 0.1) is 12.7 Å². The van der Waals surface area contributed by atoms with Crippen LogP contribution in [0, 0.1) is 0 Å². The molecule has 1 aliphatic heterocycles. The molecule has 20 heavy (non-hydrogen) atoms. The van der Waals surface area contributed by atoms with Gasteiger partial charge in [-0.15, -0.1) is 11.3 Å². The molecule has 1 unspecified atom stereocenters. The van der Waals surface area contributed by atoms with Crippen LogP contribution in [0.3, 0.4) is 0 Å². The Morgan fingerprint density at radius 1 is 1.40 bits per heavy atom. The molecule has 0 saturated carbocycles. The molecule has 0 bridgehead atoms. The topological polar surface area (TPSA) is 49.8 Å². The van der Waals surface area contributed by atoms with Gasteiger partial charge in [0, 0.05) is 11.4 Å². The van der Waals surface area contributed by atoms with Crippen LogP contribution in [-0.2, 0) is 4.74 Å². The van der Waals surface area contributed by atoms with Crippen molar-refractivity contribution in [3.63, 3.8) is 0 Å². The van der Waals surface area contributed by atoms with Gasteiger partial charge >= 0.3 is 5.97 Å². The van der Waals surface area contributed by atoms with Gasteiger partial charge in [0.25, 0.3) is 0 Å². The predicted octanol–water partition coefficient (Wildman–Crippen LogP) is 2.83. The van der Waals surface area contributed by atoms with E-state index in [1.54, 1.807) is 13.0 Å². The summed E-state index contributed by atoms with van der Waals surface area (Å²) in [5.74, 6) is -0.299. The molecule has 1 N–H and O–H groups in total. The molecule has 0 amide bonds. The normalized spacial score (nSPS) is 17.9. The molecule has 1 aliphatic rings. The summed E-state index contributed by atoms with van der Waals surface area (Å²) in [5.41, 5.74) is 0. The summed E-state index contributed by atoms with van der Waals surface area (Å²) in [7, 11) is 0. The van der Waals surface area contributed by atoms with E-state index in [0.717, 1.165) is 30.9 Å². The number of esters is 1. The number of nitrogens with zero attached hydrogens (tertiary/aromatic N) is 1. The van der Waals surface area contributed by atoms with Crippen LogP contribution in [0.15, 0.2) is 12.1 Å². The summed E-state index contributed by atoms with van der Waals surface area (Å²) >= 11 is 1.33. The summed E-state index contributed by atoms with van der Waals surface area (Å²) in [6.45, 7) is 5.38. The number of hydrogen-bond donors (Lipinski definition) is 1. The van der Waals surface area contributed by atoms with Crippen LogP contribution in [-0.4, -0.2) is 42.2 Å². The van der Waals surface area contributed by atoms with Crippen molar-refractivity contribution in [3.05, 3.63) is 21.9 Å². The summed E-state index contributed by atoms with van der Waals surface area (Å²) in [6, 6.07) is 3.57. The third-order valence-electron chi connectivity index (χ3n) is 3.60. The fraction of sp³-hybridized carbons (Fsp3) is 0.667. The van der Waals surface area contributed by atoms with Gasteiger partial charge in [-0.05, 0) is 51.4 Å². The molecule has 1 atom stereocenters. The van der Waals surface area contributed by atoms with Gasteiger partial charge in [-0.3, -0.25) is 0 Å².